The van der Waals surface area contributed by atoms with Gasteiger partial charge < -0.3 is 5.32 Å². The van der Waals surface area contributed by atoms with E-state index in [-0.39, 0.29) is 11.9 Å². The van der Waals surface area contributed by atoms with Crippen LogP contribution in [0.2, 0.25) is 0 Å². The molecule has 0 saturated heterocycles. The Balaban J connectivity index is 2.01. The van der Waals surface area contributed by atoms with Crippen molar-refractivity contribution in [1.82, 2.24) is 15.5 Å². The number of halogens is 1. The summed E-state index contributed by atoms with van der Waals surface area (Å²) >= 11 is 0. The van der Waals surface area contributed by atoms with Gasteiger partial charge in [-0.15, -0.1) is 0 Å². The van der Waals surface area contributed by atoms with Gasteiger partial charge in [0, 0.05) is 24.5 Å². The fraction of sp³-hybridized carbons (Fsp3) is 0.308. The van der Waals surface area contributed by atoms with Crippen molar-refractivity contribution in [3.63, 3.8) is 0 Å². The number of benzene rings is 1. The summed E-state index contributed by atoms with van der Waals surface area (Å²) in [5.41, 5.74) is 2.01. The first-order chi connectivity index (χ1) is 8.29. The van der Waals surface area contributed by atoms with Crippen molar-refractivity contribution >= 4 is 0 Å². The Morgan fingerprint density at radius 3 is 2.94 bits per heavy atom. The topological polar surface area (TPSA) is 40.7 Å². The third kappa shape index (κ3) is 3.14. The van der Waals surface area contributed by atoms with Gasteiger partial charge in [0.15, 0.2) is 0 Å². The third-order valence-electron chi connectivity index (χ3n) is 2.76. The molecule has 0 unspecified atom stereocenters. The molecule has 90 valence electrons. The fourth-order valence-corrected chi connectivity index (χ4v) is 1.84. The van der Waals surface area contributed by atoms with E-state index in [9.17, 15) is 4.39 Å². The third-order valence-corrected chi connectivity index (χ3v) is 2.76. The average Bonchev–Trinajstić information content (AvgIpc) is 2.83. The molecule has 2 rings (SSSR count). The Hall–Kier alpha value is -1.68. The maximum atomic E-state index is 13.1. The first-order valence-corrected chi connectivity index (χ1v) is 5.76. The van der Waals surface area contributed by atoms with Crippen LogP contribution in [0.4, 0.5) is 4.39 Å². The molecule has 1 heterocycles. The summed E-state index contributed by atoms with van der Waals surface area (Å²) in [6.45, 7) is 2.78. The van der Waals surface area contributed by atoms with Gasteiger partial charge in [0.1, 0.15) is 5.82 Å². The monoisotopic (exact) mass is 233 g/mol. The van der Waals surface area contributed by atoms with E-state index in [1.54, 1.807) is 18.3 Å². The van der Waals surface area contributed by atoms with Crippen LogP contribution in [0.25, 0.3) is 0 Å². The van der Waals surface area contributed by atoms with E-state index in [2.05, 4.69) is 22.4 Å². The largest absolute Gasteiger partial charge is 0.304 e. The average molecular weight is 233 g/mol. The Bertz CT molecular complexity index is 453. The number of H-pyrrole nitrogens is 1. The molecule has 0 bridgehead atoms. The maximum absolute atomic E-state index is 13.1. The van der Waals surface area contributed by atoms with Gasteiger partial charge in [-0.1, -0.05) is 19.1 Å². The summed E-state index contributed by atoms with van der Waals surface area (Å²) in [5, 5.41) is 10.2. The highest BCUT2D eigenvalue weighted by Crippen LogP contribution is 2.17. The van der Waals surface area contributed by atoms with Crippen molar-refractivity contribution in [3.05, 3.63) is 53.6 Å². The summed E-state index contributed by atoms with van der Waals surface area (Å²) in [6.07, 6.45) is 2.64. The molecule has 0 aliphatic rings. The highest BCUT2D eigenvalue weighted by Gasteiger charge is 2.09. The smallest absolute Gasteiger partial charge is 0.123 e. The Labute approximate surface area is 100 Å². The van der Waals surface area contributed by atoms with E-state index in [4.69, 9.17) is 0 Å². The van der Waals surface area contributed by atoms with Gasteiger partial charge >= 0.3 is 0 Å². The number of nitrogens with zero attached hydrogens (tertiary/aromatic N) is 1. The normalized spacial score (nSPS) is 12.6. The van der Waals surface area contributed by atoms with E-state index >= 15 is 0 Å². The van der Waals surface area contributed by atoms with Crippen LogP contribution in [-0.2, 0) is 6.54 Å². The number of aromatic amines is 1. The molecule has 0 aliphatic heterocycles. The lowest BCUT2D eigenvalue weighted by atomic mass is 10.0. The van der Waals surface area contributed by atoms with Gasteiger partial charge in [-0.05, 0) is 30.2 Å². The molecule has 0 spiro atoms. The molecule has 0 radical (unpaired) electrons. The summed E-state index contributed by atoms with van der Waals surface area (Å²) in [6, 6.07) is 8.81. The summed E-state index contributed by atoms with van der Waals surface area (Å²) < 4.78 is 13.1. The van der Waals surface area contributed by atoms with Crippen molar-refractivity contribution in [2.45, 2.75) is 25.9 Å². The van der Waals surface area contributed by atoms with Crippen LogP contribution in [0.5, 0.6) is 0 Å². The van der Waals surface area contributed by atoms with E-state index < -0.39 is 0 Å². The second kappa shape index (κ2) is 5.59. The summed E-state index contributed by atoms with van der Waals surface area (Å²) in [7, 11) is 0. The van der Waals surface area contributed by atoms with Crippen molar-refractivity contribution < 1.29 is 4.39 Å². The second-order valence-electron chi connectivity index (χ2n) is 3.98. The van der Waals surface area contributed by atoms with Crippen LogP contribution in [-0.4, -0.2) is 10.2 Å². The molecular formula is C13H16FN3. The predicted molar refractivity (Wildman–Crippen MR) is 64.9 cm³/mol. The molecule has 1 atom stereocenters. The van der Waals surface area contributed by atoms with Gasteiger partial charge in [0.05, 0.1) is 0 Å². The standard InChI is InChI=1S/C13H16FN3/c1-2-13(10-4-3-5-11(14)8-10)15-9-12-6-7-16-17-12/h3-8,13,15H,2,9H2,1H3,(H,16,17)/t13-/m0/s1. The fourth-order valence-electron chi connectivity index (χ4n) is 1.84. The molecule has 2 N–H and O–H groups in total. The van der Waals surface area contributed by atoms with Gasteiger partial charge in [0.25, 0.3) is 0 Å². The van der Waals surface area contributed by atoms with Crippen LogP contribution in [0.15, 0.2) is 36.5 Å². The molecule has 1 aromatic carbocycles. The van der Waals surface area contributed by atoms with Gasteiger partial charge in [-0.3, -0.25) is 5.10 Å². The second-order valence-corrected chi connectivity index (χ2v) is 3.98. The van der Waals surface area contributed by atoms with Crippen molar-refractivity contribution in [1.29, 1.82) is 0 Å². The molecule has 17 heavy (non-hydrogen) atoms. The lowest BCUT2D eigenvalue weighted by Gasteiger charge is -2.16. The van der Waals surface area contributed by atoms with Crippen LogP contribution >= 0.6 is 0 Å². The van der Waals surface area contributed by atoms with E-state index in [1.165, 1.54) is 6.07 Å². The van der Waals surface area contributed by atoms with E-state index in [0.717, 1.165) is 17.7 Å². The minimum absolute atomic E-state index is 0.161. The molecule has 4 heteroatoms. The Morgan fingerprint density at radius 1 is 1.41 bits per heavy atom. The van der Waals surface area contributed by atoms with Gasteiger partial charge in [-0.2, -0.15) is 5.10 Å². The zero-order valence-corrected chi connectivity index (χ0v) is 9.78. The number of nitrogens with one attached hydrogen (secondary N) is 2. The molecule has 0 aliphatic carbocycles. The predicted octanol–water partition coefficient (Wildman–Crippen LogP) is 2.79. The zero-order valence-electron chi connectivity index (χ0n) is 9.78. The highest BCUT2D eigenvalue weighted by molar-refractivity contribution is 5.20. The van der Waals surface area contributed by atoms with Crippen LogP contribution < -0.4 is 5.32 Å². The quantitative estimate of drug-likeness (QED) is 0.833. The van der Waals surface area contributed by atoms with Crippen LogP contribution in [0, 0.1) is 5.82 Å². The Kier molecular flexibility index (Phi) is 3.88. The minimum atomic E-state index is -0.190. The summed E-state index contributed by atoms with van der Waals surface area (Å²) in [5.74, 6) is -0.190. The van der Waals surface area contributed by atoms with Crippen LogP contribution in [0.3, 0.4) is 0 Å². The number of hydrogen-bond acceptors (Lipinski definition) is 2. The molecule has 0 saturated carbocycles. The lowest BCUT2D eigenvalue weighted by Crippen LogP contribution is -2.20. The molecule has 1 aromatic heterocycles. The SMILES string of the molecule is CC[C@H](NCc1ccn[nH]1)c1cccc(F)c1. The minimum Gasteiger partial charge on any atom is -0.304 e. The Morgan fingerprint density at radius 2 is 2.29 bits per heavy atom. The number of hydrogen-bond donors (Lipinski definition) is 2. The molecule has 3 nitrogen and oxygen atoms in total. The first-order valence-electron chi connectivity index (χ1n) is 5.76. The van der Waals surface area contributed by atoms with Crippen molar-refractivity contribution in [3.8, 4) is 0 Å². The molecule has 2 aromatic rings. The van der Waals surface area contributed by atoms with Gasteiger partial charge in [0.2, 0.25) is 0 Å². The van der Waals surface area contributed by atoms with Crippen molar-refractivity contribution in [2.75, 3.05) is 0 Å². The maximum Gasteiger partial charge on any atom is 0.123 e. The van der Waals surface area contributed by atoms with E-state index in [0.29, 0.717) is 6.54 Å². The zero-order chi connectivity index (χ0) is 12.1. The molecule has 0 amide bonds. The van der Waals surface area contributed by atoms with Crippen molar-refractivity contribution in [2.24, 2.45) is 0 Å². The molecule has 0 fully saturated rings. The van der Waals surface area contributed by atoms with Gasteiger partial charge in [-0.25, -0.2) is 4.39 Å². The molecular weight excluding hydrogens is 217 g/mol. The first kappa shape index (κ1) is 11.8. The van der Waals surface area contributed by atoms with Crippen LogP contribution in [0.1, 0.15) is 30.6 Å². The van der Waals surface area contributed by atoms with E-state index in [1.807, 2.05) is 12.1 Å². The lowest BCUT2D eigenvalue weighted by molar-refractivity contribution is 0.509. The summed E-state index contributed by atoms with van der Waals surface area (Å²) in [4.78, 5) is 0. The highest BCUT2D eigenvalue weighted by atomic mass is 19.1. The number of aromatic nitrogens is 2. The number of rotatable bonds is 5.